The number of aliphatic carboxylic acids is 1. The Hall–Kier alpha value is -1.49. The standard InChI is InChI=1S/C11H12N2O2S/c1-6(2)9-3-7-8(4-10(14)15)12-5-13-11(7)16-9/h3,5-6H,4H2,1-2H3,(H,14,15). The molecular formula is C11H12N2O2S. The van der Waals surface area contributed by atoms with Gasteiger partial charge in [0.25, 0.3) is 0 Å². The smallest absolute Gasteiger partial charge is 0.309 e. The SMILES string of the molecule is CC(C)c1cc2c(CC(=O)O)ncnc2s1. The van der Waals surface area contributed by atoms with E-state index in [1.165, 1.54) is 11.2 Å². The second kappa shape index (κ2) is 4.17. The molecular weight excluding hydrogens is 224 g/mol. The fraction of sp³-hybridized carbons (Fsp3) is 0.364. The Kier molecular flexibility index (Phi) is 2.87. The van der Waals surface area contributed by atoms with Gasteiger partial charge >= 0.3 is 5.97 Å². The Bertz CT molecular complexity index is 534. The number of hydrogen-bond acceptors (Lipinski definition) is 4. The molecule has 2 aromatic heterocycles. The van der Waals surface area contributed by atoms with Gasteiger partial charge in [-0.15, -0.1) is 11.3 Å². The Balaban J connectivity index is 2.54. The molecule has 0 unspecified atom stereocenters. The fourth-order valence-electron chi connectivity index (χ4n) is 1.49. The number of fused-ring (bicyclic) bond motifs is 1. The second-order valence-corrected chi connectivity index (χ2v) is 4.98. The molecule has 2 aromatic rings. The molecule has 0 radical (unpaired) electrons. The van der Waals surface area contributed by atoms with Gasteiger partial charge in [-0.25, -0.2) is 9.97 Å². The number of hydrogen-bond donors (Lipinski definition) is 1. The molecule has 1 N–H and O–H groups in total. The molecule has 0 spiro atoms. The maximum Gasteiger partial charge on any atom is 0.309 e. The van der Waals surface area contributed by atoms with E-state index >= 15 is 0 Å². The highest BCUT2D eigenvalue weighted by Gasteiger charge is 2.12. The van der Waals surface area contributed by atoms with Crippen molar-refractivity contribution in [1.29, 1.82) is 0 Å². The molecule has 2 heterocycles. The largest absolute Gasteiger partial charge is 0.481 e. The second-order valence-electron chi connectivity index (χ2n) is 3.91. The van der Waals surface area contributed by atoms with Crippen molar-refractivity contribution in [2.45, 2.75) is 26.2 Å². The number of rotatable bonds is 3. The summed E-state index contributed by atoms with van der Waals surface area (Å²) in [5.41, 5.74) is 0.598. The van der Waals surface area contributed by atoms with E-state index in [0.29, 0.717) is 11.6 Å². The van der Waals surface area contributed by atoms with E-state index in [1.54, 1.807) is 11.3 Å². The van der Waals surface area contributed by atoms with Crippen LogP contribution in [0, 0.1) is 0 Å². The van der Waals surface area contributed by atoms with Crippen LogP contribution in [-0.2, 0) is 11.2 Å². The van der Waals surface area contributed by atoms with Crippen LogP contribution in [0.1, 0.15) is 30.3 Å². The monoisotopic (exact) mass is 236 g/mol. The van der Waals surface area contributed by atoms with Gasteiger partial charge in [0.15, 0.2) is 0 Å². The third-order valence-corrected chi connectivity index (χ3v) is 3.66. The van der Waals surface area contributed by atoms with Crippen LogP contribution in [0.2, 0.25) is 0 Å². The first-order chi connectivity index (χ1) is 7.58. The molecule has 0 aliphatic carbocycles. The summed E-state index contributed by atoms with van der Waals surface area (Å²) in [5, 5.41) is 9.66. The predicted octanol–water partition coefficient (Wildman–Crippen LogP) is 2.44. The van der Waals surface area contributed by atoms with E-state index in [2.05, 4.69) is 23.8 Å². The average Bonchev–Trinajstić information content (AvgIpc) is 2.61. The van der Waals surface area contributed by atoms with Gasteiger partial charge in [0.05, 0.1) is 12.1 Å². The summed E-state index contributed by atoms with van der Waals surface area (Å²) in [6.07, 6.45) is 1.38. The molecule has 16 heavy (non-hydrogen) atoms. The Labute approximate surface area is 97.0 Å². The van der Waals surface area contributed by atoms with Gasteiger partial charge in [-0.3, -0.25) is 4.79 Å². The van der Waals surface area contributed by atoms with Crippen molar-refractivity contribution in [2.24, 2.45) is 0 Å². The molecule has 4 nitrogen and oxygen atoms in total. The van der Waals surface area contributed by atoms with Gasteiger partial charge in [0, 0.05) is 10.3 Å². The molecule has 0 saturated heterocycles. The minimum absolute atomic E-state index is 0.0483. The molecule has 0 bridgehead atoms. The van der Waals surface area contributed by atoms with E-state index in [9.17, 15) is 4.79 Å². The van der Waals surface area contributed by atoms with Gasteiger partial charge in [-0.2, -0.15) is 0 Å². The first-order valence-electron chi connectivity index (χ1n) is 5.03. The minimum Gasteiger partial charge on any atom is -0.481 e. The molecule has 0 aliphatic rings. The van der Waals surface area contributed by atoms with E-state index < -0.39 is 5.97 Å². The lowest BCUT2D eigenvalue weighted by molar-refractivity contribution is -0.136. The maximum absolute atomic E-state index is 10.7. The predicted molar refractivity (Wildman–Crippen MR) is 62.8 cm³/mol. The zero-order chi connectivity index (χ0) is 11.7. The number of carbonyl (C=O) groups is 1. The average molecular weight is 236 g/mol. The van der Waals surface area contributed by atoms with Crippen LogP contribution in [0.5, 0.6) is 0 Å². The molecule has 0 aliphatic heterocycles. The van der Waals surface area contributed by atoms with E-state index in [4.69, 9.17) is 5.11 Å². The lowest BCUT2D eigenvalue weighted by Gasteiger charge is -1.97. The molecule has 0 saturated carbocycles. The Morgan fingerprint density at radius 1 is 1.50 bits per heavy atom. The van der Waals surface area contributed by atoms with Gasteiger partial charge in [0.2, 0.25) is 0 Å². The highest BCUT2D eigenvalue weighted by atomic mass is 32.1. The van der Waals surface area contributed by atoms with Crippen LogP contribution in [0.25, 0.3) is 10.2 Å². The highest BCUT2D eigenvalue weighted by molar-refractivity contribution is 7.18. The van der Waals surface area contributed by atoms with E-state index in [0.717, 1.165) is 10.2 Å². The van der Waals surface area contributed by atoms with Gasteiger partial charge < -0.3 is 5.11 Å². The molecule has 0 amide bonds. The molecule has 0 aromatic carbocycles. The van der Waals surface area contributed by atoms with Crippen LogP contribution in [0.3, 0.4) is 0 Å². The third kappa shape index (κ3) is 2.04. The van der Waals surface area contributed by atoms with Crippen LogP contribution in [0.15, 0.2) is 12.4 Å². The van der Waals surface area contributed by atoms with E-state index in [1.807, 2.05) is 6.07 Å². The zero-order valence-electron chi connectivity index (χ0n) is 9.10. The summed E-state index contributed by atoms with van der Waals surface area (Å²) >= 11 is 1.60. The summed E-state index contributed by atoms with van der Waals surface area (Å²) in [5.74, 6) is -0.436. The van der Waals surface area contributed by atoms with Crippen LogP contribution in [0.4, 0.5) is 0 Å². The lowest BCUT2D eigenvalue weighted by Crippen LogP contribution is -2.02. The summed E-state index contributed by atoms with van der Waals surface area (Å²) in [4.78, 5) is 21.0. The van der Waals surface area contributed by atoms with Gasteiger partial charge in [0.1, 0.15) is 11.2 Å². The quantitative estimate of drug-likeness (QED) is 0.889. The fourth-order valence-corrected chi connectivity index (χ4v) is 2.51. The number of aromatic nitrogens is 2. The lowest BCUT2D eigenvalue weighted by atomic mass is 10.1. The third-order valence-electron chi connectivity index (χ3n) is 2.32. The summed E-state index contributed by atoms with van der Waals surface area (Å²) in [6.45, 7) is 4.21. The van der Waals surface area contributed by atoms with Gasteiger partial charge in [-0.05, 0) is 12.0 Å². The van der Waals surface area contributed by atoms with Crippen molar-refractivity contribution in [3.63, 3.8) is 0 Å². The summed E-state index contributed by atoms with van der Waals surface area (Å²) < 4.78 is 0. The number of carboxylic acids is 1. The zero-order valence-corrected chi connectivity index (χ0v) is 9.91. The summed E-state index contributed by atoms with van der Waals surface area (Å²) in [6, 6.07) is 2.00. The van der Waals surface area contributed by atoms with Crippen molar-refractivity contribution >= 4 is 27.5 Å². The van der Waals surface area contributed by atoms with Crippen molar-refractivity contribution < 1.29 is 9.90 Å². The summed E-state index contributed by atoms with van der Waals surface area (Å²) in [7, 11) is 0. The molecule has 84 valence electrons. The van der Waals surface area contributed by atoms with Crippen LogP contribution < -0.4 is 0 Å². The van der Waals surface area contributed by atoms with E-state index in [-0.39, 0.29) is 6.42 Å². The first-order valence-corrected chi connectivity index (χ1v) is 5.84. The van der Waals surface area contributed by atoms with Crippen molar-refractivity contribution in [3.8, 4) is 0 Å². The highest BCUT2D eigenvalue weighted by Crippen LogP contribution is 2.30. The van der Waals surface area contributed by atoms with Crippen LogP contribution in [-0.4, -0.2) is 21.0 Å². The van der Waals surface area contributed by atoms with Gasteiger partial charge in [-0.1, -0.05) is 13.8 Å². The normalized spacial score (nSPS) is 11.2. The molecule has 0 atom stereocenters. The van der Waals surface area contributed by atoms with Crippen LogP contribution >= 0.6 is 11.3 Å². The molecule has 0 fully saturated rings. The molecule has 5 heteroatoms. The number of thiophene rings is 1. The van der Waals surface area contributed by atoms with Crippen molar-refractivity contribution in [3.05, 3.63) is 23.0 Å². The van der Waals surface area contributed by atoms with Crippen molar-refractivity contribution in [1.82, 2.24) is 9.97 Å². The Morgan fingerprint density at radius 2 is 2.25 bits per heavy atom. The number of nitrogens with zero attached hydrogens (tertiary/aromatic N) is 2. The minimum atomic E-state index is -0.864. The Morgan fingerprint density at radius 3 is 2.88 bits per heavy atom. The number of carboxylic acid groups (broad SMARTS) is 1. The maximum atomic E-state index is 10.7. The molecule has 2 rings (SSSR count). The van der Waals surface area contributed by atoms with Crippen molar-refractivity contribution in [2.75, 3.05) is 0 Å². The topological polar surface area (TPSA) is 63.1 Å². The first kappa shape index (κ1) is 11.0.